The van der Waals surface area contributed by atoms with Gasteiger partial charge in [0.1, 0.15) is 0 Å². The minimum Gasteiger partial charge on any atom is -0.397 e. The van der Waals surface area contributed by atoms with E-state index in [2.05, 4.69) is 111 Å². The van der Waals surface area contributed by atoms with Crippen molar-refractivity contribution in [1.29, 1.82) is 0 Å². The first-order chi connectivity index (χ1) is 23.0. The molecule has 47 heavy (non-hydrogen) atoms. The van der Waals surface area contributed by atoms with Crippen LogP contribution in [0.5, 0.6) is 0 Å². The second-order valence-electron chi connectivity index (χ2n) is 10.6. The quantitative estimate of drug-likeness (QED) is 0.0861. The second-order valence-corrected chi connectivity index (χ2v) is 11.6. The van der Waals surface area contributed by atoms with Crippen LogP contribution in [0, 0.1) is 0 Å². The van der Waals surface area contributed by atoms with Gasteiger partial charge in [0.05, 0.1) is 5.69 Å². The van der Waals surface area contributed by atoms with E-state index < -0.39 is 0 Å². The highest BCUT2D eigenvalue weighted by Crippen LogP contribution is 2.39. The third-order valence-electron chi connectivity index (χ3n) is 7.61. The van der Waals surface area contributed by atoms with Gasteiger partial charge in [0.15, 0.2) is 0 Å². The van der Waals surface area contributed by atoms with Gasteiger partial charge in [0.25, 0.3) is 0 Å². The molecule has 5 aromatic rings. The summed E-state index contributed by atoms with van der Waals surface area (Å²) >= 11 is 1.77. The molecule has 4 N–H and O–H groups in total. The molecule has 5 rings (SSSR count). The molecule has 3 heteroatoms. The van der Waals surface area contributed by atoms with E-state index in [1.165, 1.54) is 5.56 Å². The molecular formula is C44H48N2S. The fraction of sp³-hybridized carbons (Fsp3) is 0.136. The Kier molecular flexibility index (Phi) is 15.3. The van der Waals surface area contributed by atoms with Crippen molar-refractivity contribution in [3.8, 4) is 11.1 Å². The average molecular weight is 637 g/mol. The maximum absolute atomic E-state index is 6.98. The molecule has 0 spiro atoms. The molecule has 0 amide bonds. The van der Waals surface area contributed by atoms with Gasteiger partial charge in [0, 0.05) is 28.0 Å². The molecule has 2 atom stereocenters. The van der Waals surface area contributed by atoms with Crippen molar-refractivity contribution >= 4 is 28.2 Å². The van der Waals surface area contributed by atoms with Gasteiger partial charge >= 0.3 is 0 Å². The minimum atomic E-state index is -0.258. The number of hydrogen-bond donors (Lipinski definition) is 2. The molecule has 0 aliphatic rings. The monoisotopic (exact) mass is 636 g/mol. The number of rotatable bonds is 11. The van der Waals surface area contributed by atoms with E-state index in [1.54, 1.807) is 23.9 Å². The molecule has 5 aromatic carbocycles. The topological polar surface area (TPSA) is 52.0 Å². The van der Waals surface area contributed by atoms with Crippen LogP contribution < -0.4 is 11.5 Å². The van der Waals surface area contributed by atoms with E-state index in [4.69, 9.17) is 11.5 Å². The Hall–Kier alpha value is -4.83. The number of nitrogen functional groups attached to an aromatic ring is 1. The SMILES string of the molecule is C=C/C=C(\C=C)C(c1ccccc1)C(N)c1cccc(-c2ccc3c(N)c(SCc4ccccc4)ccc3c2)c1.C=C/C=C\C.CC. The van der Waals surface area contributed by atoms with Gasteiger partial charge < -0.3 is 11.5 Å². The zero-order valence-electron chi connectivity index (χ0n) is 28.0. The first-order valence-corrected chi connectivity index (χ1v) is 17.1. The van der Waals surface area contributed by atoms with E-state index in [0.29, 0.717) is 0 Å². The second kappa shape index (κ2) is 19.6. The number of nitrogens with two attached hydrogens (primary N) is 2. The average Bonchev–Trinajstić information content (AvgIpc) is 3.13. The summed E-state index contributed by atoms with van der Waals surface area (Å²) in [6, 6.07) is 39.9. The molecule has 2 nitrogen and oxygen atoms in total. The minimum absolute atomic E-state index is 0.0461. The van der Waals surface area contributed by atoms with Crippen molar-refractivity contribution in [3.05, 3.63) is 194 Å². The Morgan fingerprint density at radius 3 is 2.02 bits per heavy atom. The number of anilines is 1. The summed E-state index contributed by atoms with van der Waals surface area (Å²) in [5, 5.41) is 2.20. The van der Waals surface area contributed by atoms with E-state index >= 15 is 0 Å². The van der Waals surface area contributed by atoms with Crippen LogP contribution in [0.2, 0.25) is 0 Å². The van der Waals surface area contributed by atoms with Crippen molar-refractivity contribution in [1.82, 2.24) is 0 Å². The number of allylic oxidation sites excluding steroid dienone is 6. The predicted molar refractivity (Wildman–Crippen MR) is 211 cm³/mol. The van der Waals surface area contributed by atoms with Crippen LogP contribution in [0.25, 0.3) is 21.9 Å². The van der Waals surface area contributed by atoms with E-state index in [1.807, 2.05) is 69.3 Å². The molecule has 2 unspecified atom stereocenters. The van der Waals surface area contributed by atoms with Gasteiger partial charge in [-0.1, -0.05) is 167 Å². The van der Waals surface area contributed by atoms with E-state index in [9.17, 15) is 0 Å². The maximum Gasteiger partial charge on any atom is 0.0532 e. The Balaban J connectivity index is 0.000000784. The first-order valence-electron chi connectivity index (χ1n) is 16.1. The molecule has 0 fully saturated rings. The van der Waals surface area contributed by atoms with Crippen LogP contribution in [0.4, 0.5) is 5.69 Å². The molecule has 0 radical (unpaired) electrons. The maximum atomic E-state index is 6.98. The highest BCUT2D eigenvalue weighted by Gasteiger charge is 2.24. The highest BCUT2D eigenvalue weighted by atomic mass is 32.2. The summed E-state index contributed by atoms with van der Waals surface area (Å²) in [6.07, 6.45) is 11.2. The van der Waals surface area contributed by atoms with E-state index in [0.717, 1.165) is 54.9 Å². The summed E-state index contributed by atoms with van der Waals surface area (Å²) in [4.78, 5) is 1.11. The lowest BCUT2D eigenvalue weighted by molar-refractivity contribution is 0.629. The number of fused-ring (bicyclic) bond motifs is 1. The van der Waals surface area contributed by atoms with Crippen molar-refractivity contribution in [3.63, 3.8) is 0 Å². The van der Waals surface area contributed by atoms with Crippen molar-refractivity contribution in [2.24, 2.45) is 5.73 Å². The van der Waals surface area contributed by atoms with E-state index in [-0.39, 0.29) is 12.0 Å². The Labute approximate surface area is 286 Å². The summed E-state index contributed by atoms with van der Waals surface area (Å²) in [5.74, 6) is 0.844. The molecule has 0 aromatic heterocycles. The molecule has 0 heterocycles. The van der Waals surface area contributed by atoms with Crippen molar-refractivity contribution < 1.29 is 0 Å². The van der Waals surface area contributed by atoms with Crippen LogP contribution in [-0.2, 0) is 5.75 Å². The summed E-state index contributed by atoms with van der Waals surface area (Å²) in [7, 11) is 0. The van der Waals surface area contributed by atoms with Gasteiger partial charge in [-0.3, -0.25) is 0 Å². The highest BCUT2D eigenvalue weighted by molar-refractivity contribution is 7.98. The zero-order chi connectivity index (χ0) is 34.0. The van der Waals surface area contributed by atoms with Gasteiger partial charge in [-0.05, 0) is 63.9 Å². The van der Waals surface area contributed by atoms with Gasteiger partial charge in [-0.2, -0.15) is 0 Å². The lowest BCUT2D eigenvalue weighted by Crippen LogP contribution is -2.21. The van der Waals surface area contributed by atoms with Crippen molar-refractivity contribution in [2.75, 3.05) is 5.73 Å². The van der Waals surface area contributed by atoms with Crippen LogP contribution in [0.15, 0.2) is 182 Å². The molecular weight excluding hydrogens is 589 g/mol. The van der Waals surface area contributed by atoms with Crippen LogP contribution >= 0.6 is 11.8 Å². The van der Waals surface area contributed by atoms with Gasteiger partial charge in [0.2, 0.25) is 0 Å². The predicted octanol–water partition coefficient (Wildman–Crippen LogP) is 12.2. The van der Waals surface area contributed by atoms with Crippen LogP contribution in [-0.4, -0.2) is 0 Å². The number of benzene rings is 5. The van der Waals surface area contributed by atoms with Crippen molar-refractivity contribution in [2.45, 2.75) is 43.4 Å². The number of thioether (sulfide) groups is 1. The third kappa shape index (κ3) is 10.1. The smallest absolute Gasteiger partial charge is 0.0532 e. The Morgan fingerprint density at radius 2 is 1.40 bits per heavy atom. The molecule has 0 bridgehead atoms. The first kappa shape index (κ1) is 36.6. The van der Waals surface area contributed by atoms with Gasteiger partial charge in [-0.25, -0.2) is 0 Å². The fourth-order valence-corrected chi connectivity index (χ4v) is 6.28. The fourth-order valence-electron chi connectivity index (χ4n) is 5.33. The third-order valence-corrected chi connectivity index (χ3v) is 8.76. The molecule has 0 aliphatic carbocycles. The van der Waals surface area contributed by atoms with Gasteiger partial charge in [-0.15, -0.1) is 11.8 Å². The lowest BCUT2D eigenvalue weighted by Gasteiger charge is -2.26. The summed E-state index contributed by atoms with van der Waals surface area (Å²) in [6.45, 7) is 17.4. The molecule has 0 saturated carbocycles. The lowest BCUT2D eigenvalue weighted by atomic mass is 9.81. The Morgan fingerprint density at radius 1 is 0.745 bits per heavy atom. The van der Waals surface area contributed by atoms with Crippen LogP contribution in [0.3, 0.4) is 0 Å². The summed E-state index contributed by atoms with van der Waals surface area (Å²) in [5.41, 5.74) is 21.2. The Bertz CT molecular complexity index is 1780. The van der Waals surface area contributed by atoms with Crippen LogP contribution in [0.1, 0.15) is 49.4 Å². The summed E-state index contributed by atoms with van der Waals surface area (Å²) < 4.78 is 0. The molecule has 240 valence electrons. The standard InChI is InChI=1S/C37H34N2S.C5H8.C2H6/c1-3-12-27(4-2)35(28-15-9-6-10-16-28)36(38)32-18-11-17-29(24-32)30-19-21-33-31(23-30)20-22-34(37(33)39)40-25-26-13-7-5-8-14-26;1-3-5-4-2;1-2/h3-24,35-36H,1-2,25,38-39H2;3-5H,1H2,2H3;1-2H3/b27-12+;5-4-;. The normalized spacial score (nSPS) is 12.2. The number of hydrogen-bond acceptors (Lipinski definition) is 3. The zero-order valence-corrected chi connectivity index (χ0v) is 28.8. The molecule has 0 aliphatic heterocycles. The largest absolute Gasteiger partial charge is 0.397 e. The molecule has 0 saturated heterocycles.